The summed E-state index contributed by atoms with van der Waals surface area (Å²) in [5.74, 6) is -0.992. The topological polar surface area (TPSA) is 66.8 Å². The fraction of sp³-hybridized carbons (Fsp3) is 0.448. The molecule has 2 aliphatic heterocycles. The Morgan fingerprint density at radius 3 is 2.48 bits per heavy atom. The SMILES string of the molecule is O=C(NCC1CCN(CC(F)(F)F)CC1)c1cc(F)cc(Cn2ccc3cc(N4CCOCC4)ccc3c2=O)c1. The molecule has 1 amide bonds. The zero-order valence-electron chi connectivity index (χ0n) is 22.1. The van der Waals surface area contributed by atoms with Crippen LogP contribution in [0.15, 0.2) is 53.5 Å². The van der Waals surface area contributed by atoms with Crippen molar-refractivity contribution in [3.63, 3.8) is 0 Å². The molecule has 0 radical (unpaired) electrons. The molecule has 0 aliphatic carbocycles. The Morgan fingerprint density at radius 2 is 1.75 bits per heavy atom. The Balaban J connectivity index is 1.22. The molecule has 3 aromatic rings. The van der Waals surface area contributed by atoms with E-state index in [0.717, 1.165) is 30.2 Å². The minimum atomic E-state index is -4.22. The van der Waals surface area contributed by atoms with Crippen molar-refractivity contribution in [3.05, 3.63) is 76.0 Å². The highest BCUT2D eigenvalue weighted by atomic mass is 19.4. The Labute approximate surface area is 229 Å². The first-order valence-electron chi connectivity index (χ1n) is 13.5. The van der Waals surface area contributed by atoms with Crippen molar-refractivity contribution in [2.45, 2.75) is 25.6 Å². The summed E-state index contributed by atoms with van der Waals surface area (Å²) in [5, 5.41) is 4.16. The van der Waals surface area contributed by atoms with Gasteiger partial charge in [-0.3, -0.25) is 14.5 Å². The molecule has 2 saturated heterocycles. The molecule has 1 aromatic heterocycles. The molecule has 0 bridgehead atoms. The van der Waals surface area contributed by atoms with E-state index < -0.39 is 24.4 Å². The molecule has 2 aromatic carbocycles. The Kier molecular flexibility index (Phi) is 8.41. The largest absolute Gasteiger partial charge is 0.401 e. The van der Waals surface area contributed by atoms with E-state index in [4.69, 9.17) is 4.74 Å². The number of carbonyl (C=O) groups is 1. The van der Waals surface area contributed by atoms with Crippen LogP contribution in [-0.2, 0) is 11.3 Å². The fourth-order valence-electron chi connectivity index (χ4n) is 5.43. The number of halogens is 4. The average Bonchev–Trinajstić information content (AvgIpc) is 2.93. The van der Waals surface area contributed by atoms with Crippen LogP contribution in [0.1, 0.15) is 28.8 Å². The Hall–Kier alpha value is -3.44. The summed E-state index contributed by atoms with van der Waals surface area (Å²) in [4.78, 5) is 29.6. The number of hydrogen-bond donors (Lipinski definition) is 1. The summed E-state index contributed by atoms with van der Waals surface area (Å²) in [6.07, 6.45) is -1.46. The van der Waals surface area contributed by atoms with Gasteiger partial charge >= 0.3 is 6.18 Å². The van der Waals surface area contributed by atoms with Crippen LogP contribution in [0.2, 0.25) is 0 Å². The first-order chi connectivity index (χ1) is 19.1. The van der Waals surface area contributed by atoms with Gasteiger partial charge < -0.3 is 19.5 Å². The van der Waals surface area contributed by atoms with Crippen LogP contribution in [0.3, 0.4) is 0 Å². The molecular formula is C29H32F4N4O3. The molecule has 0 saturated carbocycles. The third-order valence-electron chi connectivity index (χ3n) is 7.57. The molecule has 0 atom stereocenters. The number of benzene rings is 2. The smallest absolute Gasteiger partial charge is 0.378 e. The normalized spacial score (nSPS) is 17.4. The average molecular weight is 561 g/mol. The van der Waals surface area contributed by atoms with Crippen LogP contribution < -0.4 is 15.8 Å². The van der Waals surface area contributed by atoms with Gasteiger partial charge in [0.2, 0.25) is 0 Å². The van der Waals surface area contributed by atoms with Gasteiger partial charge in [-0.05, 0) is 85.3 Å². The highest BCUT2D eigenvalue weighted by Crippen LogP contribution is 2.23. The number of anilines is 1. The summed E-state index contributed by atoms with van der Waals surface area (Å²) < 4.78 is 59.2. The summed E-state index contributed by atoms with van der Waals surface area (Å²) in [6.45, 7) is 3.03. The lowest BCUT2D eigenvalue weighted by molar-refractivity contribution is -0.148. The van der Waals surface area contributed by atoms with Crippen LogP contribution in [-0.4, -0.2) is 74.0 Å². The van der Waals surface area contributed by atoms with Crippen LogP contribution in [0.4, 0.5) is 23.2 Å². The predicted octanol–water partition coefficient (Wildman–Crippen LogP) is 4.03. The second-order valence-corrected chi connectivity index (χ2v) is 10.5. The van der Waals surface area contributed by atoms with Gasteiger partial charge in [0.05, 0.1) is 26.3 Å². The minimum absolute atomic E-state index is 0.0569. The molecule has 7 nitrogen and oxygen atoms in total. The number of nitrogens with one attached hydrogen (secondary N) is 1. The molecule has 0 spiro atoms. The molecule has 2 fully saturated rings. The monoisotopic (exact) mass is 560 g/mol. The maximum absolute atomic E-state index is 14.5. The molecule has 1 N–H and O–H groups in total. The molecule has 3 heterocycles. The van der Waals surface area contributed by atoms with E-state index in [1.165, 1.54) is 15.5 Å². The quantitative estimate of drug-likeness (QED) is 0.442. The highest BCUT2D eigenvalue weighted by Gasteiger charge is 2.32. The molecule has 2 aliphatic rings. The maximum atomic E-state index is 14.5. The van der Waals surface area contributed by atoms with Crippen LogP contribution >= 0.6 is 0 Å². The van der Waals surface area contributed by atoms with Gasteiger partial charge in [-0.1, -0.05) is 0 Å². The summed E-state index contributed by atoms with van der Waals surface area (Å²) >= 11 is 0. The number of carbonyl (C=O) groups excluding carboxylic acids is 1. The third-order valence-corrected chi connectivity index (χ3v) is 7.57. The van der Waals surface area contributed by atoms with Gasteiger partial charge in [0.25, 0.3) is 11.5 Å². The van der Waals surface area contributed by atoms with Crippen LogP contribution in [0.25, 0.3) is 10.8 Å². The number of hydrogen-bond acceptors (Lipinski definition) is 5. The molecule has 0 unspecified atom stereocenters. The third kappa shape index (κ3) is 7.00. The fourth-order valence-corrected chi connectivity index (χ4v) is 5.43. The van der Waals surface area contributed by atoms with Gasteiger partial charge in [-0.25, -0.2) is 4.39 Å². The summed E-state index contributed by atoms with van der Waals surface area (Å²) in [7, 11) is 0. The number of nitrogens with zero attached hydrogens (tertiary/aromatic N) is 3. The molecule has 214 valence electrons. The maximum Gasteiger partial charge on any atom is 0.401 e. The van der Waals surface area contributed by atoms with Gasteiger partial charge in [-0.15, -0.1) is 0 Å². The lowest BCUT2D eigenvalue weighted by Crippen LogP contribution is -2.42. The van der Waals surface area contributed by atoms with E-state index in [9.17, 15) is 27.2 Å². The molecule has 11 heteroatoms. The van der Waals surface area contributed by atoms with Gasteiger partial charge in [0.15, 0.2) is 0 Å². The van der Waals surface area contributed by atoms with Crippen molar-refractivity contribution < 1.29 is 27.1 Å². The highest BCUT2D eigenvalue weighted by molar-refractivity contribution is 5.94. The minimum Gasteiger partial charge on any atom is -0.378 e. The first kappa shape index (κ1) is 28.1. The lowest BCUT2D eigenvalue weighted by Gasteiger charge is -2.32. The zero-order chi connectivity index (χ0) is 28.3. The van der Waals surface area contributed by atoms with Crippen LogP contribution in [0.5, 0.6) is 0 Å². The van der Waals surface area contributed by atoms with Crippen molar-refractivity contribution in [1.29, 1.82) is 0 Å². The van der Waals surface area contributed by atoms with Crippen LogP contribution in [0, 0.1) is 11.7 Å². The van der Waals surface area contributed by atoms with Gasteiger partial charge in [0, 0.05) is 42.5 Å². The molecule has 40 heavy (non-hydrogen) atoms. The number of likely N-dealkylation sites (tertiary alicyclic amines) is 1. The number of fused-ring (bicyclic) bond motifs is 1. The lowest BCUT2D eigenvalue weighted by atomic mass is 9.96. The molecular weight excluding hydrogens is 528 g/mol. The van der Waals surface area contributed by atoms with E-state index in [2.05, 4.69) is 10.2 Å². The van der Waals surface area contributed by atoms with Crippen molar-refractivity contribution in [1.82, 2.24) is 14.8 Å². The number of ether oxygens (including phenoxy) is 1. The number of aromatic nitrogens is 1. The Bertz CT molecular complexity index is 1410. The first-order valence-corrected chi connectivity index (χ1v) is 13.5. The Morgan fingerprint density at radius 1 is 1.00 bits per heavy atom. The number of rotatable bonds is 7. The summed E-state index contributed by atoms with van der Waals surface area (Å²) in [5.41, 5.74) is 1.42. The van der Waals surface area contributed by atoms with Crippen molar-refractivity contribution in [2.24, 2.45) is 5.92 Å². The number of alkyl halides is 3. The van der Waals surface area contributed by atoms with E-state index in [1.54, 1.807) is 18.3 Å². The van der Waals surface area contributed by atoms with Gasteiger partial charge in [0.1, 0.15) is 5.82 Å². The van der Waals surface area contributed by atoms with E-state index in [-0.39, 0.29) is 23.6 Å². The van der Waals surface area contributed by atoms with Crippen molar-refractivity contribution in [3.8, 4) is 0 Å². The number of amides is 1. The number of piperidine rings is 1. The standard InChI is InChI=1S/C29H32F4N4O3/c30-24-14-21(13-23(15-24)27(38)34-17-20-3-6-35(7-4-20)19-29(31,32)33)18-37-8-5-22-16-25(1-2-26(22)28(37)39)36-9-11-40-12-10-36/h1-2,5,8,13-16,20H,3-4,6-7,9-12,17-19H2,(H,34,38). The number of pyridine rings is 1. The molecule has 5 rings (SSSR count). The summed E-state index contributed by atoms with van der Waals surface area (Å²) in [6, 6.07) is 11.6. The second kappa shape index (κ2) is 12.0. The van der Waals surface area contributed by atoms with Crippen molar-refractivity contribution >= 4 is 22.4 Å². The van der Waals surface area contributed by atoms with E-state index >= 15 is 0 Å². The number of morpholine rings is 1. The second-order valence-electron chi connectivity index (χ2n) is 10.5. The zero-order valence-corrected chi connectivity index (χ0v) is 22.1. The predicted molar refractivity (Wildman–Crippen MR) is 144 cm³/mol. The van der Waals surface area contributed by atoms with Crippen molar-refractivity contribution in [2.75, 3.05) is 57.4 Å². The van der Waals surface area contributed by atoms with E-state index in [1.807, 2.05) is 18.2 Å². The van der Waals surface area contributed by atoms with E-state index in [0.29, 0.717) is 56.6 Å². The van der Waals surface area contributed by atoms with Gasteiger partial charge in [-0.2, -0.15) is 13.2 Å².